The highest BCUT2D eigenvalue weighted by molar-refractivity contribution is 5.77. The minimum absolute atomic E-state index is 0.00109. The van der Waals surface area contributed by atoms with Crippen molar-refractivity contribution < 1.29 is 9.32 Å². The maximum atomic E-state index is 11.9. The number of benzene rings is 1. The minimum atomic E-state index is -0.415. The summed E-state index contributed by atoms with van der Waals surface area (Å²) in [7, 11) is 1.82. The fourth-order valence-electron chi connectivity index (χ4n) is 2.87. The molecule has 1 aliphatic carbocycles. The molecule has 1 amide bonds. The van der Waals surface area contributed by atoms with Gasteiger partial charge in [-0.15, -0.1) is 0 Å². The predicted molar refractivity (Wildman–Crippen MR) is 90.8 cm³/mol. The van der Waals surface area contributed by atoms with Gasteiger partial charge in [-0.2, -0.15) is 4.98 Å². The number of carbonyl (C=O) groups is 1. The summed E-state index contributed by atoms with van der Waals surface area (Å²) in [4.78, 5) is 18.1. The molecule has 0 radical (unpaired) electrons. The van der Waals surface area contributed by atoms with Gasteiger partial charge in [-0.3, -0.25) is 4.79 Å². The van der Waals surface area contributed by atoms with Crippen molar-refractivity contribution in [2.45, 2.75) is 45.2 Å². The van der Waals surface area contributed by atoms with E-state index in [1.807, 2.05) is 45.2 Å². The molecule has 1 heterocycles. The molecule has 0 aliphatic heterocycles. The first-order chi connectivity index (χ1) is 11.4. The van der Waals surface area contributed by atoms with Crippen molar-refractivity contribution in [1.82, 2.24) is 15.0 Å². The van der Waals surface area contributed by atoms with E-state index in [1.54, 1.807) is 4.90 Å². The van der Waals surface area contributed by atoms with Crippen LogP contribution in [0.2, 0.25) is 0 Å². The minimum Gasteiger partial charge on any atom is -0.341 e. The normalized spacial score (nSPS) is 16.0. The Morgan fingerprint density at radius 3 is 2.54 bits per heavy atom. The summed E-state index contributed by atoms with van der Waals surface area (Å²) in [5.74, 6) is 1.21. The lowest BCUT2D eigenvalue weighted by atomic mass is 9.77. The first-order valence-corrected chi connectivity index (χ1v) is 8.36. The van der Waals surface area contributed by atoms with Crippen molar-refractivity contribution in [2.75, 3.05) is 7.05 Å². The van der Waals surface area contributed by atoms with Gasteiger partial charge < -0.3 is 15.2 Å². The molecule has 0 saturated heterocycles. The molecular weight excluding hydrogens is 304 g/mol. The molecule has 128 valence electrons. The van der Waals surface area contributed by atoms with Gasteiger partial charge in [-0.05, 0) is 37.0 Å². The Balaban J connectivity index is 1.69. The summed E-state index contributed by atoms with van der Waals surface area (Å²) in [6.45, 7) is 4.39. The second-order valence-corrected chi connectivity index (χ2v) is 6.98. The predicted octanol–water partition coefficient (Wildman–Crippen LogP) is 2.69. The van der Waals surface area contributed by atoms with Gasteiger partial charge in [0.05, 0.1) is 5.54 Å². The first kappa shape index (κ1) is 16.6. The van der Waals surface area contributed by atoms with Crippen molar-refractivity contribution in [2.24, 2.45) is 11.7 Å². The standard InChI is InChI=1S/C18H24N4O2/c1-12(2)16(23)22(3)11-13-5-7-14(8-6-13)15-20-17(21-24-15)18(19)9-4-10-18/h5-8,12H,4,9-11,19H2,1-3H3. The quantitative estimate of drug-likeness (QED) is 0.912. The number of amides is 1. The molecule has 0 atom stereocenters. The van der Waals surface area contributed by atoms with Crippen LogP contribution in [0.15, 0.2) is 28.8 Å². The van der Waals surface area contributed by atoms with Crippen molar-refractivity contribution in [3.63, 3.8) is 0 Å². The summed E-state index contributed by atoms with van der Waals surface area (Å²) in [6.07, 6.45) is 2.92. The second-order valence-electron chi connectivity index (χ2n) is 6.98. The fraction of sp³-hybridized carbons (Fsp3) is 0.500. The number of nitrogens with zero attached hydrogens (tertiary/aromatic N) is 3. The van der Waals surface area contributed by atoms with E-state index in [9.17, 15) is 4.79 Å². The molecule has 24 heavy (non-hydrogen) atoms. The molecule has 0 spiro atoms. The molecule has 1 fully saturated rings. The van der Waals surface area contributed by atoms with Crippen molar-refractivity contribution in [1.29, 1.82) is 0 Å². The first-order valence-electron chi connectivity index (χ1n) is 8.36. The molecule has 1 aromatic heterocycles. The van der Waals surface area contributed by atoms with Gasteiger partial charge in [0.2, 0.25) is 5.91 Å². The van der Waals surface area contributed by atoms with Crippen molar-refractivity contribution in [3.8, 4) is 11.5 Å². The largest absolute Gasteiger partial charge is 0.341 e. The third-order valence-electron chi connectivity index (χ3n) is 4.61. The summed E-state index contributed by atoms with van der Waals surface area (Å²) in [5, 5.41) is 4.04. The van der Waals surface area contributed by atoms with Crippen LogP contribution in [0.25, 0.3) is 11.5 Å². The molecule has 6 heteroatoms. The highest BCUT2D eigenvalue weighted by Crippen LogP contribution is 2.37. The lowest BCUT2D eigenvalue weighted by Gasteiger charge is -2.34. The van der Waals surface area contributed by atoms with Crippen LogP contribution in [0.3, 0.4) is 0 Å². The number of nitrogens with two attached hydrogens (primary N) is 1. The molecule has 2 aromatic rings. The van der Waals surface area contributed by atoms with E-state index in [0.29, 0.717) is 18.3 Å². The zero-order chi connectivity index (χ0) is 17.3. The Morgan fingerprint density at radius 2 is 2.00 bits per heavy atom. The smallest absolute Gasteiger partial charge is 0.257 e. The molecule has 1 saturated carbocycles. The van der Waals surface area contributed by atoms with Gasteiger partial charge in [0.25, 0.3) is 5.89 Å². The zero-order valence-electron chi connectivity index (χ0n) is 14.5. The Bertz CT molecular complexity index is 717. The molecule has 1 aliphatic rings. The second kappa shape index (κ2) is 6.36. The number of aromatic nitrogens is 2. The van der Waals surface area contributed by atoms with Crippen LogP contribution in [0.4, 0.5) is 0 Å². The number of hydrogen-bond acceptors (Lipinski definition) is 5. The maximum Gasteiger partial charge on any atom is 0.257 e. The Hall–Kier alpha value is -2.21. The van der Waals surface area contributed by atoms with Crippen molar-refractivity contribution in [3.05, 3.63) is 35.7 Å². The maximum absolute atomic E-state index is 11.9. The molecule has 0 bridgehead atoms. The van der Waals surface area contributed by atoms with Crippen LogP contribution in [-0.4, -0.2) is 28.0 Å². The SMILES string of the molecule is CC(C)C(=O)N(C)Cc1ccc(-c2nc(C3(N)CCC3)no2)cc1. The van der Waals surface area contributed by atoms with Crippen LogP contribution in [-0.2, 0) is 16.9 Å². The lowest BCUT2D eigenvalue weighted by molar-refractivity contribution is -0.133. The molecule has 2 N–H and O–H groups in total. The van der Waals surface area contributed by atoms with Gasteiger partial charge in [0, 0.05) is 25.1 Å². The fourth-order valence-corrected chi connectivity index (χ4v) is 2.87. The molecular formula is C18H24N4O2. The monoisotopic (exact) mass is 328 g/mol. The van der Waals surface area contributed by atoms with E-state index >= 15 is 0 Å². The zero-order valence-corrected chi connectivity index (χ0v) is 14.5. The van der Waals surface area contributed by atoms with Gasteiger partial charge in [-0.25, -0.2) is 0 Å². The summed E-state index contributed by atoms with van der Waals surface area (Å²) >= 11 is 0. The average Bonchev–Trinajstić information content (AvgIpc) is 3.02. The Morgan fingerprint density at radius 1 is 1.33 bits per heavy atom. The number of rotatable bonds is 5. The van der Waals surface area contributed by atoms with Gasteiger partial charge >= 0.3 is 0 Å². The van der Waals surface area contributed by atoms with Crippen LogP contribution < -0.4 is 5.73 Å². The molecule has 0 unspecified atom stereocenters. The molecule has 1 aromatic carbocycles. The molecule has 3 rings (SSSR count). The third kappa shape index (κ3) is 3.19. The Kier molecular flexibility index (Phi) is 4.41. The number of carbonyl (C=O) groups excluding carboxylic acids is 1. The van der Waals surface area contributed by atoms with Gasteiger partial charge in [0.1, 0.15) is 0 Å². The molecule has 6 nitrogen and oxygen atoms in total. The average molecular weight is 328 g/mol. The van der Waals surface area contributed by atoms with Gasteiger partial charge in [0.15, 0.2) is 5.82 Å². The van der Waals surface area contributed by atoms with E-state index in [2.05, 4.69) is 10.1 Å². The van der Waals surface area contributed by atoms with Crippen LogP contribution in [0, 0.1) is 5.92 Å². The lowest BCUT2D eigenvalue weighted by Crippen LogP contribution is -2.44. The summed E-state index contributed by atoms with van der Waals surface area (Å²) in [5.41, 5.74) is 7.73. The van der Waals surface area contributed by atoms with Crippen molar-refractivity contribution >= 4 is 5.91 Å². The van der Waals surface area contributed by atoms with E-state index in [4.69, 9.17) is 10.3 Å². The van der Waals surface area contributed by atoms with E-state index < -0.39 is 5.54 Å². The van der Waals surface area contributed by atoms with Crippen LogP contribution in [0.1, 0.15) is 44.5 Å². The van der Waals surface area contributed by atoms with E-state index in [-0.39, 0.29) is 11.8 Å². The van der Waals surface area contributed by atoms with Crippen LogP contribution in [0.5, 0.6) is 0 Å². The van der Waals surface area contributed by atoms with E-state index in [1.165, 1.54) is 0 Å². The number of hydrogen-bond donors (Lipinski definition) is 1. The Labute approximate surface area is 142 Å². The van der Waals surface area contributed by atoms with Gasteiger partial charge in [-0.1, -0.05) is 31.1 Å². The van der Waals surface area contributed by atoms with E-state index in [0.717, 1.165) is 30.4 Å². The highest BCUT2D eigenvalue weighted by atomic mass is 16.5. The topological polar surface area (TPSA) is 85.2 Å². The van der Waals surface area contributed by atoms with Crippen LogP contribution >= 0.6 is 0 Å². The summed E-state index contributed by atoms with van der Waals surface area (Å²) < 4.78 is 5.36. The third-order valence-corrected chi connectivity index (χ3v) is 4.61. The highest BCUT2D eigenvalue weighted by Gasteiger charge is 2.39. The summed E-state index contributed by atoms with van der Waals surface area (Å²) in [6, 6.07) is 7.82.